The van der Waals surface area contributed by atoms with Gasteiger partial charge in [0.05, 0.1) is 24.1 Å². The van der Waals surface area contributed by atoms with Crippen molar-refractivity contribution in [3.63, 3.8) is 0 Å². The molecule has 2 fully saturated rings. The number of likely N-dealkylation sites (tertiary alicyclic amines) is 1. The molecule has 1 amide bonds. The molecule has 2 aromatic heterocycles. The average Bonchev–Trinajstić information content (AvgIpc) is 2.84. The van der Waals surface area contributed by atoms with Gasteiger partial charge in [-0.1, -0.05) is 13.0 Å². The highest BCUT2D eigenvalue weighted by molar-refractivity contribution is 5.91. The Bertz CT molecular complexity index is 1400. The van der Waals surface area contributed by atoms with Crippen LogP contribution in [0.5, 0.6) is 0 Å². The van der Waals surface area contributed by atoms with Gasteiger partial charge >= 0.3 is 0 Å². The predicted molar refractivity (Wildman–Crippen MR) is 127 cm³/mol. The molecule has 12 heteroatoms. The first kappa shape index (κ1) is 25.3. The quantitative estimate of drug-likeness (QED) is 0.385. The molecule has 0 radical (unpaired) electrons. The molecule has 196 valence electrons. The Labute approximate surface area is 209 Å². The number of hydrazine groups is 1. The topological polar surface area (TPSA) is 94.2 Å². The van der Waals surface area contributed by atoms with Crippen molar-refractivity contribution in [2.45, 2.75) is 44.6 Å². The molecule has 2 N–H and O–H groups in total. The van der Waals surface area contributed by atoms with Crippen LogP contribution >= 0.6 is 0 Å². The molecule has 3 aromatic rings. The fourth-order valence-corrected chi connectivity index (χ4v) is 4.86. The number of rotatable bonds is 6. The third-order valence-corrected chi connectivity index (χ3v) is 6.90. The van der Waals surface area contributed by atoms with E-state index in [1.165, 1.54) is 18.2 Å². The van der Waals surface area contributed by atoms with E-state index in [0.29, 0.717) is 66.8 Å². The van der Waals surface area contributed by atoms with Gasteiger partial charge in [0, 0.05) is 23.7 Å². The smallest absolute Gasteiger partial charge is 0.284 e. The van der Waals surface area contributed by atoms with Crippen molar-refractivity contribution < 1.29 is 22.4 Å². The standard InChI is InChI=1S/C25H26F4N6O2/c1-2-18-23(36)32-20-9-15(17(26)10-21(20)30-18)11-34-7-5-14(6-8-34)16-3-4-19(31-22(16)27)24(37)33-35-12-25(28,29)13-35/h3-4,9-10,14H,2,5-8,11-13H2,1H3,(H,32,36)(H,33,37). The maximum absolute atomic E-state index is 14.8. The maximum Gasteiger partial charge on any atom is 0.284 e. The number of piperidine rings is 1. The lowest BCUT2D eigenvalue weighted by Crippen LogP contribution is -2.62. The van der Waals surface area contributed by atoms with Gasteiger partial charge < -0.3 is 4.98 Å². The lowest BCUT2D eigenvalue weighted by molar-refractivity contribution is -0.144. The van der Waals surface area contributed by atoms with Crippen LogP contribution in [0.1, 0.15) is 53.0 Å². The number of fused-ring (bicyclic) bond motifs is 1. The van der Waals surface area contributed by atoms with E-state index in [1.54, 1.807) is 6.07 Å². The van der Waals surface area contributed by atoms with Gasteiger partial charge in [0.2, 0.25) is 5.95 Å². The fraction of sp³-hybridized carbons (Fsp3) is 0.440. The molecular weight excluding hydrogens is 492 g/mol. The summed E-state index contributed by atoms with van der Waals surface area (Å²) in [5, 5.41) is 1.06. The van der Waals surface area contributed by atoms with Crippen LogP contribution in [0.25, 0.3) is 11.0 Å². The number of alkyl halides is 2. The average molecular weight is 519 g/mol. The summed E-state index contributed by atoms with van der Waals surface area (Å²) >= 11 is 0. The zero-order valence-electron chi connectivity index (χ0n) is 20.2. The summed E-state index contributed by atoms with van der Waals surface area (Å²) in [5.41, 5.74) is 3.90. The number of benzene rings is 1. The molecule has 0 atom stereocenters. The molecule has 5 rings (SSSR count). The number of hydrogen-bond donors (Lipinski definition) is 2. The predicted octanol–water partition coefficient (Wildman–Crippen LogP) is 3.13. The fourth-order valence-electron chi connectivity index (χ4n) is 4.86. The van der Waals surface area contributed by atoms with E-state index in [9.17, 15) is 27.2 Å². The summed E-state index contributed by atoms with van der Waals surface area (Å²) in [6.45, 7) is 2.16. The Hall–Kier alpha value is -3.38. The molecule has 0 aliphatic carbocycles. The first-order valence-electron chi connectivity index (χ1n) is 12.2. The SMILES string of the molecule is CCc1nc2cc(F)c(CN3CCC(c4ccc(C(=O)NN5CC(F)(F)C5)nc4F)CC3)cc2[nH]c1=O. The highest BCUT2D eigenvalue weighted by atomic mass is 19.3. The van der Waals surface area contributed by atoms with Gasteiger partial charge in [0.15, 0.2) is 0 Å². The third kappa shape index (κ3) is 5.35. The minimum absolute atomic E-state index is 0.121. The Kier molecular flexibility index (Phi) is 6.71. The monoisotopic (exact) mass is 518 g/mol. The summed E-state index contributed by atoms with van der Waals surface area (Å²) in [5.74, 6) is -4.86. The number of nitrogens with zero attached hydrogens (tertiary/aromatic N) is 4. The van der Waals surface area contributed by atoms with Gasteiger partial charge in [-0.2, -0.15) is 4.39 Å². The highest BCUT2D eigenvalue weighted by Crippen LogP contribution is 2.31. The van der Waals surface area contributed by atoms with E-state index in [-0.39, 0.29) is 17.2 Å². The molecule has 2 aliphatic heterocycles. The van der Waals surface area contributed by atoms with Crippen LogP contribution in [0.2, 0.25) is 0 Å². The van der Waals surface area contributed by atoms with Crippen LogP contribution in [-0.2, 0) is 13.0 Å². The van der Waals surface area contributed by atoms with Gasteiger partial charge in [-0.25, -0.2) is 28.1 Å². The molecule has 37 heavy (non-hydrogen) atoms. The molecule has 2 saturated heterocycles. The van der Waals surface area contributed by atoms with Crippen LogP contribution in [0.4, 0.5) is 17.6 Å². The minimum Gasteiger partial charge on any atom is -0.319 e. The third-order valence-electron chi connectivity index (χ3n) is 6.90. The summed E-state index contributed by atoms with van der Waals surface area (Å²) in [6, 6.07) is 5.85. The van der Waals surface area contributed by atoms with Crippen molar-refractivity contribution in [3.8, 4) is 0 Å². The van der Waals surface area contributed by atoms with Crippen LogP contribution in [0.3, 0.4) is 0 Å². The van der Waals surface area contributed by atoms with Crippen molar-refractivity contribution >= 4 is 16.9 Å². The van der Waals surface area contributed by atoms with E-state index >= 15 is 0 Å². The number of nitrogens with one attached hydrogen (secondary N) is 2. The van der Waals surface area contributed by atoms with E-state index in [0.717, 1.165) is 5.01 Å². The normalized spacial score (nSPS) is 18.6. The largest absolute Gasteiger partial charge is 0.319 e. The van der Waals surface area contributed by atoms with E-state index < -0.39 is 36.7 Å². The minimum atomic E-state index is -2.83. The lowest BCUT2D eigenvalue weighted by Gasteiger charge is -2.38. The molecular formula is C25H26F4N6O2. The lowest BCUT2D eigenvalue weighted by atomic mass is 9.90. The summed E-state index contributed by atoms with van der Waals surface area (Å²) in [4.78, 5) is 37.1. The second kappa shape index (κ2) is 9.82. The van der Waals surface area contributed by atoms with Crippen LogP contribution < -0.4 is 11.0 Å². The van der Waals surface area contributed by atoms with Gasteiger partial charge in [0.1, 0.15) is 17.2 Å². The Morgan fingerprint density at radius 1 is 1.16 bits per heavy atom. The van der Waals surface area contributed by atoms with E-state index in [2.05, 4.69) is 25.3 Å². The molecule has 0 bridgehead atoms. The second-order valence-corrected chi connectivity index (χ2v) is 9.61. The van der Waals surface area contributed by atoms with Gasteiger partial charge in [-0.05, 0) is 50.4 Å². The van der Waals surface area contributed by atoms with Crippen molar-refractivity contribution in [2.24, 2.45) is 0 Å². The van der Waals surface area contributed by atoms with Crippen molar-refractivity contribution in [1.82, 2.24) is 30.3 Å². The van der Waals surface area contributed by atoms with Gasteiger partial charge in [-0.3, -0.25) is 19.9 Å². The van der Waals surface area contributed by atoms with Crippen LogP contribution in [0.15, 0.2) is 29.1 Å². The molecule has 0 unspecified atom stereocenters. The molecule has 2 aliphatic rings. The highest BCUT2D eigenvalue weighted by Gasteiger charge is 2.44. The number of hydrogen-bond acceptors (Lipinski definition) is 6. The summed E-state index contributed by atoms with van der Waals surface area (Å²) in [6.07, 6.45) is 1.68. The number of carbonyl (C=O) groups excluding carboxylic acids is 1. The number of amides is 1. The second-order valence-electron chi connectivity index (χ2n) is 9.61. The number of aromatic nitrogens is 3. The number of H-pyrrole nitrogens is 1. The summed E-state index contributed by atoms with van der Waals surface area (Å²) in [7, 11) is 0. The van der Waals surface area contributed by atoms with E-state index in [4.69, 9.17) is 0 Å². The van der Waals surface area contributed by atoms with Crippen molar-refractivity contribution in [3.05, 3.63) is 68.9 Å². The number of halogens is 4. The van der Waals surface area contributed by atoms with Crippen LogP contribution in [-0.4, -0.2) is 62.9 Å². The first-order valence-corrected chi connectivity index (χ1v) is 12.2. The summed E-state index contributed by atoms with van der Waals surface area (Å²) < 4.78 is 55.4. The molecule has 1 aromatic carbocycles. The maximum atomic E-state index is 14.8. The number of pyridine rings is 1. The molecule has 4 heterocycles. The number of aryl methyl sites for hydroxylation is 1. The van der Waals surface area contributed by atoms with Crippen LogP contribution in [0, 0.1) is 11.8 Å². The van der Waals surface area contributed by atoms with Gasteiger partial charge in [-0.15, -0.1) is 0 Å². The van der Waals surface area contributed by atoms with Gasteiger partial charge in [0.25, 0.3) is 17.4 Å². The van der Waals surface area contributed by atoms with E-state index in [1.807, 2.05) is 6.92 Å². The molecule has 0 saturated carbocycles. The zero-order chi connectivity index (χ0) is 26.3. The zero-order valence-corrected chi connectivity index (χ0v) is 20.2. The van der Waals surface area contributed by atoms with Crippen molar-refractivity contribution in [1.29, 1.82) is 0 Å². The number of carbonyl (C=O) groups is 1. The van der Waals surface area contributed by atoms with Crippen molar-refractivity contribution in [2.75, 3.05) is 26.2 Å². The first-order chi connectivity index (χ1) is 17.6. The molecule has 8 nitrogen and oxygen atoms in total. The molecule has 0 spiro atoms. The Balaban J connectivity index is 1.20. The number of aromatic amines is 1. The Morgan fingerprint density at radius 3 is 2.54 bits per heavy atom. The Morgan fingerprint density at radius 2 is 1.89 bits per heavy atom.